The smallest absolute Gasteiger partial charge is 0.0699 e. The minimum absolute atomic E-state index is 0. The number of hydrogen-bond acceptors (Lipinski definition) is 3. The molecule has 3 fully saturated rings. The first-order valence-corrected chi connectivity index (χ1v) is 9.51. The average Bonchev–Trinajstić information content (AvgIpc) is 2.62. The van der Waals surface area contributed by atoms with Crippen LogP contribution in [-0.2, 0) is 0 Å². The molecule has 1 saturated carbocycles. The van der Waals surface area contributed by atoms with E-state index in [-0.39, 0.29) is 30.9 Å². The number of piperidine rings is 2. The third-order valence-electron chi connectivity index (χ3n) is 6.48. The monoisotopic (exact) mass is 386 g/mol. The van der Waals surface area contributed by atoms with Crippen LogP contribution in [0.5, 0.6) is 0 Å². The van der Waals surface area contributed by atoms with Crippen molar-refractivity contribution in [3.8, 4) is 0 Å². The van der Waals surface area contributed by atoms with Crippen molar-refractivity contribution in [2.45, 2.75) is 62.6 Å². The van der Waals surface area contributed by atoms with Crippen molar-refractivity contribution < 1.29 is 5.11 Å². The summed E-state index contributed by atoms with van der Waals surface area (Å²) in [5.41, 5.74) is 1.49. The van der Waals surface area contributed by atoms with E-state index in [2.05, 4.69) is 40.5 Å². The summed E-state index contributed by atoms with van der Waals surface area (Å²) in [5, 5.41) is 14.4. The summed E-state index contributed by atoms with van der Waals surface area (Å²) in [6, 6.07) is 12.0. The molecule has 0 amide bonds. The maximum absolute atomic E-state index is 10.7. The molecule has 1 aromatic carbocycles. The Balaban J connectivity index is 0.00000113. The summed E-state index contributed by atoms with van der Waals surface area (Å²) in [5.74, 6) is 1.41. The molecule has 0 radical (unpaired) electrons. The highest BCUT2D eigenvalue weighted by Crippen LogP contribution is 2.36. The van der Waals surface area contributed by atoms with E-state index in [4.69, 9.17) is 0 Å². The Morgan fingerprint density at radius 1 is 0.960 bits per heavy atom. The van der Waals surface area contributed by atoms with E-state index in [0.29, 0.717) is 23.9 Å². The Bertz CT molecular complexity index is 508. The van der Waals surface area contributed by atoms with Crippen LogP contribution < -0.4 is 5.32 Å². The molecule has 2 heterocycles. The van der Waals surface area contributed by atoms with Crippen LogP contribution in [0, 0.1) is 5.92 Å². The number of hydrogen-bond donors (Lipinski definition) is 2. The number of nitrogens with one attached hydrogen (secondary N) is 1. The number of rotatable bonds is 2. The molecule has 25 heavy (non-hydrogen) atoms. The van der Waals surface area contributed by atoms with Crippen LogP contribution in [0.2, 0.25) is 0 Å². The van der Waals surface area contributed by atoms with Crippen molar-refractivity contribution in [3.63, 3.8) is 0 Å². The SMILES string of the molecule is Cl.Cl.OC1CC2CCCNC2CC1N1CCC(c2ccccc2)CC1. The summed E-state index contributed by atoms with van der Waals surface area (Å²) in [6.45, 7) is 3.44. The molecule has 5 heteroatoms. The first-order valence-electron chi connectivity index (χ1n) is 9.51. The number of aliphatic hydroxyl groups is 1. The van der Waals surface area contributed by atoms with E-state index in [1.807, 2.05) is 0 Å². The van der Waals surface area contributed by atoms with Crippen LogP contribution in [0.3, 0.4) is 0 Å². The maximum atomic E-state index is 10.7. The van der Waals surface area contributed by atoms with E-state index in [9.17, 15) is 5.11 Å². The molecule has 0 spiro atoms. The third-order valence-corrected chi connectivity index (χ3v) is 6.48. The van der Waals surface area contributed by atoms with Gasteiger partial charge >= 0.3 is 0 Å². The molecule has 2 saturated heterocycles. The molecule has 1 aromatic rings. The largest absolute Gasteiger partial charge is 0.391 e. The standard InChI is InChI=1S/C20H30N2O.2ClH/c23-20-13-17-7-4-10-21-18(17)14-19(20)22-11-8-16(9-12-22)15-5-2-1-3-6-15;;/h1-3,5-6,16-21,23H,4,7-14H2;2*1H. The Kier molecular flexibility index (Phi) is 8.03. The Labute approximate surface area is 164 Å². The molecular weight excluding hydrogens is 355 g/mol. The Morgan fingerprint density at radius 2 is 1.68 bits per heavy atom. The lowest BCUT2D eigenvalue weighted by atomic mass is 9.75. The number of benzene rings is 1. The minimum atomic E-state index is -0.121. The lowest BCUT2D eigenvalue weighted by Crippen LogP contribution is -2.57. The fourth-order valence-corrected chi connectivity index (χ4v) is 5.14. The number of aliphatic hydroxyl groups excluding tert-OH is 1. The summed E-state index contributed by atoms with van der Waals surface area (Å²) in [6.07, 6.45) is 7.06. The third kappa shape index (κ3) is 4.70. The summed E-state index contributed by atoms with van der Waals surface area (Å²) in [4.78, 5) is 2.58. The molecule has 0 aromatic heterocycles. The Morgan fingerprint density at radius 3 is 2.40 bits per heavy atom. The van der Waals surface area contributed by atoms with Gasteiger partial charge in [-0.25, -0.2) is 0 Å². The number of nitrogens with zero attached hydrogens (tertiary/aromatic N) is 1. The minimum Gasteiger partial charge on any atom is -0.391 e. The van der Waals surface area contributed by atoms with Crippen molar-refractivity contribution >= 4 is 24.8 Å². The van der Waals surface area contributed by atoms with Crippen molar-refractivity contribution in [1.82, 2.24) is 10.2 Å². The zero-order valence-electron chi connectivity index (χ0n) is 14.8. The molecule has 3 aliphatic rings. The van der Waals surface area contributed by atoms with Crippen LogP contribution in [0.15, 0.2) is 30.3 Å². The highest BCUT2D eigenvalue weighted by atomic mass is 35.5. The van der Waals surface area contributed by atoms with Gasteiger partial charge in [0.15, 0.2) is 0 Å². The zero-order valence-corrected chi connectivity index (χ0v) is 16.5. The molecule has 3 nitrogen and oxygen atoms in total. The maximum Gasteiger partial charge on any atom is 0.0699 e. The van der Waals surface area contributed by atoms with Crippen molar-refractivity contribution in [2.75, 3.05) is 19.6 Å². The predicted octanol–water partition coefficient (Wildman–Crippen LogP) is 3.60. The van der Waals surface area contributed by atoms with Crippen LogP contribution in [0.1, 0.15) is 50.0 Å². The van der Waals surface area contributed by atoms with Gasteiger partial charge in [0.25, 0.3) is 0 Å². The van der Waals surface area contributed by atoms with Gasteiger partial charge in [0.05, 0.1) is 6.10 Å². The fourth-order valence-electron chi connectivity index (χ4n) is 5.14. The fraction of sp³-hybridized carbons (Fsp3) is 0.700. The molecular formula is C20H32Cl2N2O. The van der Waals surface area contributed by atoms with Crippen LogP contribution >= 0.6 is 24.8 Å². The molecule has 4 atom stereocenters. The molecule has 1 aliphatic carbocycles. The van der Waals surface area contributed by atoms with Gasteiger partial charge < -0.3 is 10.4 Å². The van der Waals surface area contributed by atoms with Gasteiger partial charge in [0, 0.05) is 12.1 Å². The lowest BCUT2D eigenvalue weighted by Gasteiger charge is -2.48. The summed E-state index contributed by atoms with van der Waals surface area (Å²) in [7, 11) is 0. The zero-order chi connectivity index (χ0) is 15.6. The second-order valence-electron chi connectivity index (χ2n) is 7.79. The molecule has 142 valence electrons. The van der Waals surface area contributed by atoms with Gasteiger partial charge in [-0.1, -0.05) is 30.3 Å². The van der Waals surface area contributed by atoms with Gasteiger partial charge in [-0.3, -0.25) is 4.90 Å². The van der Waals surface area contributed by atoms with Gasteiger partial charge in [-0.15, -0.1) is 24.8 Å². The van der Waals surface area contributed by atoms with E-state index in [0.717, 1.165) is 25.9 Å². The van der Waals surface area contributed by atoms with Gasteiger partial charge in [0.2, 0.25) is 0 Å². The Hall–Kier alpha value is -0.320. The highest BCUT2D eigenvalue weighted by Gasteiger charge is 2.40. The summed E-state index contributed by atoms with van der Waals surface area (Å²) >= 11 is 0. The summed E-state index contributed by atoms with van der Waals surface area (Å²) < 4.78 is 0. The van der Waals surface area contributed by atoms with E-state index >= 15 is 0 Å². The topological polar surface area (TPSA) is 35.5 Å². The van der Waals surface area contributed by atoms with Crippen LogP contribution in [0.4, 0.5) is 0 Å². The average molecular weight is 387 g/mol. The first-order chi connectivity index (χ1) is 11.3. The molecule has 0 bridgehead atoms. The number of fused-ring (bicyclic) bond motifs is 1. The highest BCUT2D eigenvalue weighted by molar-refractivity contribution is 5.85. The number of halogens is 2. The molecule has 2 aliphatic heterocycles. The quantitative estimate of drug-likeness (QED) is 0.814. The van der Waals surface area contributed by atoms with Gasteiger partial charge in [-0.05, 0) is 75.6 Å². The van der Waals surface area contributed by atoms with E-state index < -0.39 is 0 Å². The van der Waals surface area contributed by atoms with Gasteiger partial charge in [-0.2, -0.15) is 0 Å². The predicted molar refractivity (Wildman–Crippen MR) is 108 cm³/mol. The normalized spacial score (nSPS) is 33.6. The van der Waals surface area contributed by atoms with Crippen molar-refractivity contribution in [2.24, 2.45) is 5.92 Å². The second-order valence-corrected chi connectivity index (χ2v) is 7.79. The van der Waals surface area contributed by atoms with Crippen LogP contribution in [-0.4, -0.2) is 47.8 Å². The van der Waals surface area contributed by atoms with E-state index in [1.54, 1.807) is 0 Å². The van der Waals surface area contributed by atoms with Crippen molar-refractivity contribution in [3.05, 3.63) is 35.9 Å². The molecule has 4 unspecified atom stereocenters. The second kappa shape index (κ2) is 9.57. The molecule has 2 N–H and O–H groups in total. The molecule has 4 rings (SSSR count). The van der Waals surface area contributed by atoms with E-state index in [1.165, 1.54) is 37.8 Å². The van der Waals surface area contributed by atoms with Gasteiger partial charge in [0.1, 0.15) is 0 Å². The van der Waals surface area contributed by atoms with Crippen molar-refractivity contribution in [1.29, 1.82) is 0 Å². The number of likely N-dealkylation sites (tertiary alicyclic amines) is 1. The first kappa shape index (κ1) is 21.0. The lowest BCUT2D eigenvalue weighted by molar-refractivity contribution is -0.0258. The van der Waals surface area contributed by atoms with Crippen LogP contribution in [0.25, 0.3) is 0 Å².